The first-order valence-corrected chi connectivity index (χ1v) is 20.7. The van der Waals surface area contributed by atoms with Crippen LogP contribution in [0.4, 0.5) is 33.4 Å². The average molecular weight is 812 g/mol. The minimum atomic E-state index is -3.64. The molecule has 2 heterocycles. The van der Waals surface area contributed by atoms with Crippen LogP contribution in [0.1, 0.15) is 31.9 Å². The summed E-state index contributed by atoms with van der Waals surface area (Å²) in [6.45, 7) is 7.31. The Morgan fingerprint density at radius 1 is 0.807 bits per heavy atom. The summed E-state index contributed by atoms with van der Waals surface area (Å²) in [5, 5.41) is 14.6. The van der Waals surface area contributed by atoms with E-state index in [0.717, 1.165) is 28.2 Å². The number of thiophene rings is 1. The molecule has 4 N–H and O–H groups in total. The largest absolute Gasteiger partial charge is 0.497 e. The van der Waals surface area contributed by atoms with Gasteiger partial charge in [-0.1, -0.05) is 45.0 Å². The van der Waals surface area contributed by atoms with Gasteiger partial charge in [0.05, 0.1) is 50.8 Å². The zero-order valence-corrected chi connectivity index (χ0v) is 34.1. The number of fused-ring (bicyclic) bond motifs is 1. The topological polar surface area (TPSA) is 158 Å². The predicted octanol–water partition coefficient (Wildman–Crippen LogP) is 9.76. The zero-order chi connectivity index (χ0) is 40.6. The fraction of sp³-hybridized carbons (Fsp3) is 0.238. The molecule has 0 spiro atoms. The third-order valence-corrected chi connectivity index (χ3v) is 9.85. The molecule has 0 atom stereocenters. The Morgan fingerprint density at radius 3 is 2.28 bits per heavy atom. The molecular weight excluding hydrogens is 767 g/mol. The third-order valence-electron chi connectivity index (χ3n) is 8.53. The van der Waals surface area contributed by atoms with Crippen LogP contribution in [0.25, 0.3) is 10.8 Å². The molecule has 13 nitrogen and oxygen atoms in total. The molecule has 298 valence electrons. The Hall–Kier alpha value is -6.03. The number of methoxy groups -OCH3 is 2. The molecule has 2 aromatic heterocycles. The third kappa shape index (κ3) is 11.1. The van der Waals surface area contributed by atoms with Crippen molar-refractivity contribution in [3.8, 4) is 28.7 Å². The first kappa shape index (κ1) is 40.6. The van der Waals surface area contributed by atoms with Gasteiger partial charge in [-0.3, -0.25) is 4.72 Å². The van der Waals surface area contributed by atoms with Gasteiger partial charge in [0.1, 0.15) is 35.4 Å². The van der Waals surface area contributed by atoms with E-state index in [-0.39, 0.29) is 16.9 Å². The molecule has 0 aliphatic heterocycles. The van der Waals surface area contributed by atoms with E-state index in [1.54, 1.807) is 67.1 Å². The van der Waals surface area contributed by atoms with Crippen molar-refractivity contribution >= 4 is 66.7 Å². The van der Waals surface area contributed by atoms with Gasteiger partial charge >= 0.3 is 6.03 Å². The summed E-state index contributed by atoms with van der Waals surface area (Å²) in [6, 6.07) is 25.0. The molecule has 6 aromatic rings. The number of nitrogens with zero attached hydrogens (tertiary/aromatic N) is 1. The fourth-order valence-corrected chi connectivity index (χ4v) is 7.05. The monoisotopic (exact) mass is 811 g/mol. The maximum Gasteiger partial charge on any atom is 0.323 e. The zero-order valence-electron chi connectivity index (χ0n) is 32.5. The lowest BCUT2D eigenvalue weighted by atomic mass is 9.86. The molecule has 15 heteroatoms. The van der Waals surface area contributed by atoms with Crippen molar-refractivity contribution in [2.75, 3.05) is 54.4 Å². The van der Waals surface area contributed by atoms with E-state index in [2.05, 4.69) is 31.0 Å². The normalized spacial score (nSPS) is 11.5. The van der Waals surface area contributed by atoms with Crippen LogP contribution in [0, 0.1) is 0 Å². The minimum absolute atomic E-state index is 0.176. The number of aromatic nitrogens is 1. The Labute approximate surface area is 336 Å². The summed E-state index contributed by atoms with van der Waals surface area (Å²) in [5.41, 5.74) is 3.31. The highest BCUT2D eigenvalue weighted by Crippen LogP contribution is 2.40. The van der Waals surface area contributed by atoms with Crippen LogP contribution < -0.4 is 39.6 Å². The number of hydrogen-bond acceptors (Lipinski definition) is 11. The molecule has 0 bridgehead atoms. The van der Waals surface area contributed by atoms with Crippen LogP contribution in [-0.4, -0.2) is 53.1 Å². The number of sulfonamides is 1. The lowest BCUT2D eigenvalue weighted by Gasteiger charge is -2.24. The van der Waals surface area contributed by atoms with Gasteiger partial charge in [0.25, 0.3) is 0 Å². The van der Waals surface area contributed by atoms with Crippen molar-refractivity contribution in [1.82, 2.24) is 4.98 Å². The van der Waals surface area contributed by atoms with Gasteiger partial charge in [-0.15, -0.1) is 0 Å². The van der Waals surface area contributed by atoms with Gasteiger partial charge in [0.2, 0.25) is 10.0 Å². The lowest BCUT2D eigenvalue weighted by molar-refractivity contribution is 0.0890. The average Bonchev–Trinajstić information content (AvgIpc) is 3.68. The minimum Gasteiger partial charge on any atom is -0.497 e. The highest BCUT2D eigenvalue weighted by Gasteiger charge is 2.22. The van der Waals surface area contributed by atoms with Crippen molar-refractivity contribution < 1.29 is 36.9 Å². The SMILES string of the molecule is COc1cc(Nc2cc(Oc3ccc(NC(=O)Nc4cc(C(C)(C)C)cc(NS(C)(=O)=O)c4OC)c4ccccc34)ccn2)cc(OCCOCc2ccsc2)c1. The van der Waals surface area contributed by atoms with Crippen molar-refractivity contribution in [2.45, 2.75) is 32.8 Å². The molecule has 0 radical (unpaired) electrons. The van der Waals surface area contributed by atoms with Crippen molar-refractivity contribution in [3.63, 3.8) is 0 Å². The fourth-order valence-electron chi connectivity index (χ4n) is 5.84. The molecule has 0 aliphatic rings. The van der Waals surface area contributed by atoms with Gasteiger partial charge in [0.15, 0.2) is 5.75 Å². The summed E-state index contributed by atoms with van der Waals surface area (Å²) in [7, 11) is -0.633. The second-order valence-electron chi connectivity index (χ2n) is 14.0. The number of nitrogens with one attached hydrogen (secondary N) is 4. The van der Waals surface area contributed by atoms with E-state index >= 15 is 0 Å². The maximum atomic E-state index is 13.5. The highest BCUT2D eigenvalue weighted by atomic mass is 32.2. The highest BCUT2D eigenvalue weighted by molar-refractivity contribution is 7.92. The van der Waals surface area contributed by atoms with E-state index in [1.807, 2.05) is 68.6 Å². The molecule has 0 saturated carbocycles. The lowest BCUT2D eigenvalue weighted by Crippen LogP contribution is -2.22. The number of amides is 2. The van der Waals surface area contributed by atoms with Crippen LogP contribution in [0.3, 0.4) is 0 Å². The van der Waals surface area contributed by atoms with Gasteiger partial charge in [-0.05, 0) is 63.7 Å². The van der Waals surface area contributed by atoms with Gasteiger partial charge in [-0.25, -0.2) is 18.2 Å². The number of rotatable bonds is 16. The van der Waals surface area contributed by atoms with E-state index < -0.39 is 16.1 Å². The van der Waals surface area contributed by atoms with Crippen LogP contribution in [0.5, 0.6) is 28.7 Å². The predicted molar refractivity (Wildman–Crippen MR) is 227 cm³/mol. The number of anilines is 5. The Balaban J connectivity index is 1.16. The molecule has 0 saturated heterocycles. The maximum absolute atomic E-state index is 13.5. The van der Waals surface area contributed by atoms with Gasteiger partial charge < -0.3 is 39.6 Å². The number of carbonyl (C=O) groups is 1. The summed E-state index contributed by atoms with van der Waals surface area (Å²) >= 11 is 1.64. The van der Waals surface area contributed by atoms with E-state index in [9.17, 15) is 13.2 Å². The first-order valence-electron chi connectivity index (χ1n) is 17.9. The molecule has 57 heavy (non-hydrogen) atoms. The van der Waals surface area contributed by atoms with Crippen molar-refractivity contribution in [2.24, 2.45) is 0 Å². The summed E-state index contributed by atoms with van der Waals surface area (Å²) < 4.78 is 56.0. The summed E-state index contributed by atoms with van der Waals surface area (Å²) in [5.74, 6) is 3.02. The van der Waals surface area contributed by atoms with Crippen LogP contribution >= 0.6 is 11.3 Å². The Kier molecular flexibility index (Phi) is 12.7. The van der Waals surface area contributed by atoms with Crippen LogP contribution in [-0.2, 0) is 26.8 Å². The summed E-state index contributed by atoms with van der Waals surface area (Å²) in [4.78, 5) is 18.0. The number of carbonyl (C=O) groups excluding carboxylic acids is 1. The first-order chi connectivity index (χ1) is 27.3. The molecule has 6 rings (SSSR count). The molecule has 4 aromatic carbocycles. The van der Waals surface area contributed by atoms with Crippen LogP contribution in [0.15, 0.2) is 102 Å². The molecule has 0 unspecified atom stereocenters. The van der Waals surface area contributed by atoms with E-state index in [0.29, 0.717) is 65.7 Å². The van der Waals surface area contributed by atoms with Gasteiger partial charge in [-0.2, -0.15) is 11.3 Å². The van der Waals surface area contributed by atoms with Crippen molar-refractivity contribution in [1.29, 1.82) is 0 Å². The quantitative estimate of drug-likeness (QED) is 0.0694. The Bertz CT molecular complexity index is 2450. The molecule has 0 fully saturated rings. The number of hydrogen-bond donors (Lipinski definition) is 4. The number of ether oxygens (including phenoxy) is 5. The summed E-state index contributed by atoms with van der Waals surface area (Å²) in [6.07, 6.45) is 2.70. The second-order valence-corrected chi connectivity index (χ2v) is 16.5. The number of benzene rings is 4. The van der Waals surface area contributed by atoms with E-state index in [4.69, 9.17) is 23.7 Å². The molecular formula is C42H45N5O8S2. The number of urea groups is 1. The second kappa shape index (κ2) is 17.8. The molecule has 0 aliphatic carbocycles. The standard InChI is InChI=1S/C42H45N5O8S2/c1-42(2,3)28-19-36(40(52-5)37(20-28)47-57(6,49)50)46-41(48)45-35-11-12-38(34-10-8-7-9-33(34)35)55-30-13-15-43-39(24-30)44-29-21-31(51-4)23-32(22-29)54-17-16-53-25-27-14-18-56-26-27/h7-15,18-24,26,47H,16-17,25H2,1-6H3,(H,43,44)(H2,45,46,48). The Morgan fingerprint density at radius 2 is 1.56 bits per heavy atom. The number of pyridine rings is 1. The van der Waals surface area contributed by atoms with Crippen molar-refractivity contribution in [3.05, 3.63) is 113 Å². The van der Waals surface area contributed by atoms with E-state index in [1.165, 1.54) is 7.11 Å². The smallest absolute Gasteiger partial charge is 0.323 e. The molecule has 2 amide bonds. The van der Waals surface area contributed by atoms with Gasteiger partial charge in [0, 0.05) is 46.9 Å². The van der Waals surface area contributed by atoms with Crippen LogP contribution in [0.2, 0.25) is 0 Å².